The largest absolute Gasteiger partial charge is 0.397 e. The number of carbonyl (C=O) groups excluding carboxylic acids is 1. The number of hydrogen-bond donors (Lipinski definition) is 2. The van der Waals surface area contributed by atoms with Gasteiger partial charge < -0.3 is 15.6 Å². The highest BCUT2D eigenvalue weighted by atomic mass is 16.2. The van der Waals surface area contributed by atoms with Crippen molar-refractivity contribution in [2.75, 3.05) is 19.3 Å². The van der Waals surface area contributed by atoms with E-state index in [1.54, 1.807) is 4.90 Å². The van der Waals surface area contributed by atoms with Gasteiger partial charge in [0.05, 0.1) is 11.2 Å². The second-order valence-electron chi connectivity index (χ2n) is 5.40. The number of aromatic nitrogens is 1. The molecule has 1 aromatic carbocycles. The van der Waals surface area contributed by atoms with E-state index in [0.29, 0.717) is 17.3 Å². The molecule has 0 saturated heterocycles. The van der Waals surface area contributed by atoms with Gasteiger partial charge in [-0.3, -0.25) is 4.79 Å². The number of para-hydroxylation sites is 1. The van der Waals surface area contributed by atoms with Crippen LogP contribution >= 0.6 is 0 Å². The summed E-state index contributed by atoms with van der Waals surface area (Å²) >= 11 is 0. The van der Waals surface area contributed by atoms with Crippen LogP contribution in [0.1, 0.15) is 30.8 Å². The first kappa shape index (κ1) is 13.5. The Balaban J connectivity index is 2.19. The lowest BCUT2D eigenvalue weighted by Gasteiger charge is -2.17. The molecule has 4 nitrogen and oxygen atoms in total. The van der Waals surface area contributed by atoms with Crippen molar-refractivity contribution in [3.8, 4) is 0 Å². The van der Waals surface area contributed by atoms with E-state index >= 15 is 0 Å². The van der Waals surface area contributed by atoms with Gasteiger partial charge in [0.1, 0.15) is 5.69 Å². The number of H-pyrrole nitrogens is 1. The van der Waals surface area contributed by atoms with Crippen molar-refractivity contribution in [3.05, 3.63) is 30.0 Å². The van der Waals surface area contributed by atoms with Crippen molar-refractivity contribution in [2.45, 2.75) is 20.3 Å². The topological polar surface area (TPSA) is 62.1 Å². The molecule has 0 saturated carbocycles. The average molecular weight is 259 g/mol. The van der Waals surface area contributed by atoms with Crippen LogP contribution in [0.4, 0.5) is 5.69 Å². The van der Waals surface area contributed by atoms with Crippen LogP contribution in [-0.2, 0) is 0 Å². The Morgan fingerprint density at radius 3 is 2.79 bits per heavy atom. The highest BCUT2D eigenvalue weighted by molar-refractivity contribution is 6.00. The maximum absolute atomic E-state index is 12.3. The molecule has 2 rings (SSSR count). The molecule has 0 aliphatic rings. The van der Waals surface area contributed by atoms with E-state index in [1.165, 1.54) is 0 Å². The van der Waals surface area contributed by atoms with Crippen LogP contribution in [0.2, 0.25) is 0 Å². The van der Waals surface area contributed by atoms with Gasteiger partial charge in [0.2, 0.25) is 0 Å². The number of aromatic amines is 1. The number of amides is 1. The van der Waals surface area contributed by atoms with Gasteiger partial charge in [-0.05, 0) is 24.5 Å². The van der Waals surface area contributed by atoms with Gasteiger partial charge in [-0.1, -0.05) is 26.0 Å². The maximum atomic E-state index is 12.3. The van der Waals surface area contributed by atoms with Crippen molar-refractivity contribution in [1.82, 2.24) is 9.88 Å². The quantitative estimate of drug-likeness (QED) is 0.829. The van der Waals surface area contributed by atoms with E-state index < -0.39 is 0 Å². The molecule has 102 valence electrons. The zero-order chi connectivity index (χ0) is 14.0. The number of nitrogens with two attached hydrogens (primary N) is 1. The molecule has 2 aromatic rings. The van der Waals surface area contributed by atoms with E-state index in [0.717, 1.165) is 23.9 Å². The van der Waals surface area contributed by atoms with Crippen LogP contribution in [0, 0.1) is 5.92 Å². The third-order valence-corrected chi connectivity index (χ3v) is 3.31. The molecule has 4 heteroatoms. The first-order valence-corrected chi connectivity index (χ1v) is 6.61. The summed E-state index contributed by atoms with van der Waals surface area (Å²) < 4.78 is 0. The molecular formula is C15H21N3O. The van der Waals surface area contributed by atoms with Crippen molar-refractivity contribution >= 4 is 22.5 Å². The molecule has 3 N–H and O–H groups in total. The van der Waals surface area contributed by atoms with E-state index in [9.17, 15) is 4.79 Å². The fourth-order valence-corrected chi connectivity index (χ4v) is 2.05. The zero-order valence-electron chi connectivity index (χ0n) is 11.7. The molecule has 19 heavy (non-hydrogen) atoms. The summed E-state index contributed by atoms with van der Waals surface area (Å²) in [4.78, 5) is 17.2. The van der Waals surface area contributed by atoms with Gasteiger partial charge in [0.25, 0.3) is 5.91 Å². The van der Waals surface area contributed by atoms with Crippen LogP contribution in [0.25, 0.3) is 10.9 Å². The maximum Gasteiger partial charge on any atom is 0.270 e. The fourth-order valence-electron chi connectivity index (χ4n) is 2.05. The number of carbonyl (C=O) groups is 1. The van der Waals surface area contributed by atoms with E-state index in [1.807, 2.05) is 31.3 Å². The summed E-state index contributed by atoms with van der Waals surface area (Å²) in [5.74, 6) is 0.602. The van der Waals surface area contributed by atoms with Gasteiger partial charge >= 0.3 is 0 Å². The molecule has 0 spiro atoms. The monoisotopic (exact) mass is 259 g/mol. The van der Waals surface area contributed by atoms with E-state index in [2.05, 4.69) is 18.8 Å². The lowest BCUT2D eigenvalue weighted by Crippen LogP contribution is -2.28. The third kappa shape index (κ3) is 2.89. The standard InChI is InChI=1S/C15H21N3O/c1-10(2)7-8-18(3)15(19)13-9-11-5-4-6-12(16)14(11)17-13/h4-6,9-10,17H,7-8,16H2,1-3H3. The Kier molecular flexibility index (Phi) is 3.79. The number of nitrogen functional groups attached to an aromatic ring is 1. The Bertz CT molecular complexity index is 586. The molecule has 0 radical (unpaired) electrons. The van der Waals surface area contributed by atoms with Gasteiger partial charge in [0.15, 0.2) is 0 Å². The molecule has 0 aliphatic carbocycles. The summed E-state index contributed by atoms with van der Waals surface area (Å²) in [7, 11) is 1.83. The highest BCUT2D eigenvalue weighted by Gasteiger charge is 2.15. The summed E-state index contributed by atoms with van der Waals surface area (Å²) in [5.41, 5.74) is 7.99. The van der Waals surface area contributed by atoms with Crippen molar-refractivity contribution in [3.63, 3.8) is 0 Å². The third-order valence-electron chi connectivity index (χ3n) is 3.31. The molecular weight excluding hydrogens is 238 g/mol. The second kappa shape index (κ2) is 5.34. The molecule has 0 aliphatic heterocycles. The molecule has 0 fully saturated rings. The summed E-state index contributed by atoms with van der Waals surface area (Å²) in [6, 6.07) is 7.53. The van der Waals surface area contributed by atoms with Crippen LogP contribution in [0.15, 0.2) is 24.3 Å². The van der Waals surface area contributed by atoms with E-state index in [4.69, 9.17) is 5.73 Å². The van der Waals surface area contributed by atoms with Crippen LogP contribution in [0.3, 0.4) is 0 Å². The molecule has 0 atom stereocenters. The SMILES string of the molecule is CC(C)CCN(C)C(=O)c1cc2cccc(N)c2[nH]1. The number of benzene rings is 1. The molecule has 1 amide bonds. The van der Waals surface area contributed by atoms with Crippen LogP contribution in [0.5, 0.6) is 0 Å². The van der Waals surface area contributed by atoms with Gasteiger partial charge in [-0.25, -0.2) is 0 Å². The number of anilines is 1. The van der Waals surface area contributed by atoms with Gasteiger partial charge in [0, 0.05) is 19.0 Å². The summed E-state index contributed by atoms with van der Waals surface area (Å²) in [5, 5.41) is 0.973. The van der Waals surface area contributed by atoms with Gasteiger partial charge in [-0.15, -0.1) is 0 Å². The fraction of sp³-hybridized carbons (Fsp3) is 0.400. The predicted octanol–water partition coefficient (Wildman–Crippen LogP) is 2.87. The number of fused-ring (bicyclic) bond motifs is 1. The second-order valence-corrected chi connectivity index (χ2v) is 5.40. The number of nitrogens with zero attached hydrogens (tertiary/aromatic N) is 1. The van der Waals surface area contributed by atoms with E-state index in [-0.39, 0.29) is 5.91 Å². The average Bonchev–Trinajstić information content (AvgIpc) is 2.80. The first-order chi connectivity index (χ1) is 8.99. The van der Waals surface area contributed by atoms with Crippen LogP contribution in [-0.4, -0.2) is 29.4 Å². The minimum absolute atomic E-state index is 0.0104. The first-order valence-electron chi connectivity index (χ1n) is 6.61. The smallest absolute Gasteiger partial charge is 0.270 e. The lowest BCUT2D eigenvalue weighted by atomic mass is 10.1. The lowest BCUT2D eigenvalue weighted by molar-refractivity contribution is 0.0784. The summed E-state index contributed by atoms with van der Waals surface area (Å²) in [6.07, 6.45) is 1.00. The highest BCUT2D eigenvalue weighted by Crippen LogP contribution is 2.21. The molecule has 0 unspecified atom stereocenters. The van der Waals surface area contributed by atoms with Crippen molar-refractivity contribution in [1.29, 1.82) is 0 Å². The molecule has 1 heterocycles. The van der Waals surface area contributed by atoms with Crippen molar-refractivity contribution in [2.24, 2.45) is 5.92 Å². The molecule has 0 bridgehead atoms. The van der Waals surface area contributed by atoms with Gasteiger partial charge in [-0.2, -0.15) is 0 Å². The minimum atomic E-state index is 0.0104. The Morgan fingerprint density at radius 1 is 1.42 bits per heavy atom. The Labute approximate surface area is 113 Å². The Hall–Kier alpha value is -1.97. The van der Waals surface area contributed by atoms with Crippen LogP contribution < -0.4 is 5.73 Å². The Morgan fingerprint density at radius 2 is 2.16 bits per heavy atom. The zero-order valence-corrected chi connectivity index (χ0v) is 11.7. The summed E-state index contributed by atoms with van der Waals surface area (Å²) in [6.45, 7) is 5.07. The predicted molar refractivity (Wildman–Crippen MR) is 79.1 cm³/mol. The minimum Gasteiger partial charge on any atom is -0.397 e. The molecule has 1 aromatic heterocycles. The number of nitrogens with one attached hydrogen (secondary N) is 1. The normalized spacial score (nSPS) is 11.2. The number of hydrogen-bond acceptors (Lipinski definition) is 2. The van der Waals surface area contributed by atoms with Crippen molar-refractivity contribution < 1.29 is 4.79 Å². The number of rotatable bonds is 4.